The Bertz CT molecular complexity index is 1300. The fourth-order valence-corrected chi connectivity index (χ4v) is 6.01. The second-order valence-corrected chi connectivity index (χ2v) is 10.9. The van der Waals surface area contributed by atoms with Gasteiger partial charge in [0.05, 0.1) is 18.1 Å². The van der Waals surface area contributed by atoms with Crippen LogP contribution < -0.4 is 9.64 Å². The Morgan fingerprint density at radius 3 is 2.36 bits per heavy atom. The number of hydrogen-bond donors (Lipinski definition) is 0. The summed E-state index contributed by atoms with van der Waals surface area (Å²) in [6.07, 6.45) is 2.33. The number of ether oxygens (including phenoxy) is 1. The number of anilines is 1. The molecule has 0 bridgehead atoms. The van der Waals surface area contributed by atoms with Crippen molar-refractivity contribution in [2.24, 2.45) is 0 Å². The minimum absolute atomic E-state index is 0.766. The van der Waals surface area contributed by atoms with Gasteiger partial charge in [0.15, 0.2) is 5.82 Å². The van der Waals surface area contributed by atoms with Gasteiger partial charge in [-0.3, -0.25) is 4.90 Å². The molecule has 1 fully saturated rings. The van der Waals surface area contributed by atoms with Crippen molar-refractivity contribution in [1.82, 2.24) is 14.9 Å². The molecular formula is C29H31BrN4OS. The molecule has 5 rings (SSSR count). The molecule has 1 aromatic heterocycles. The third kappa shape index (κ3) is 6.20. The van der Waals surface area contributed by atoms with Gasteiger partial charge in [0, 0.05) is 42.0 Å². The maximum Gasteiger partial charge on any atom is 0.162 e. The van der Waals surface area contributed by atoms with Gasteiger partial charge in [-0.1, -0.05) is 70.2 Å². The van der Waals surface area contributed by atoms with Crippen molar-refractivity contribution in [1.29, 1.82) is 0 Å². The monoisotopic (exact) mass is 562 g/mol. The summed E-state index contributed by atoms with van der Waals surface area (Å²) in [6.45, 7) is 5.16. The van der Waals surface area contributed by atoms with E-state index in [2.05, 4.69) is 68.2 Å². The molecule has 0 unspecified atom stereocenters. The van der Waals surface area contributed by atoms with Crippen LogP contribution in [0.5, 0.6) is 5.75 Å². The van der Waals surface area contributed by atoms with Gasteiger partial charge in [0.25, 0.3) is 0 Å². The third-order valence-corrected chi connectivity index (χ3v) is 8.08. The average Bonchev–Trinajstić information content (AvgIpc) is 2.92. The number of fused-ring (bicyclic) bond motifs is 1. The number of para-hydroxylation sites is 2. The first-order chi connectivity index (χ1) is 17.7. The largest absolute Gasteiger partial charge is 0.496 e. The quantitative estimate of drug-likeness (QED) is 0.218. The van der Waals surface area contributed by atoms with Gasteiger partial charge in [-0.15, -0.1) is 0 Å². The first-order valence-electron chi connectivity index (χ1n) is 12.4. The zero-order valence-electron chi connectivity index (χ0n) is 20.6. The Morgan fingerprint density at radius 1 is 0.889 bits per heavy atom. The summed E-state index contributed by atoms with van der Waals surface area (Å²) in [4.78, 5) is 15.1. The van der Waals surface area contributed by atoms with E-state index in [1.165, 1.54) is 12.0 Å². The first-order valence-corrected chi connectivity index (χ1v) is 14.2. The van der Waals surface area contributed by atoms with Gasteiger partial charge in [-0.05, 0) is 55.3 Å². The molecule has 0 atom stereocenters. The van der Waals surface area contributed by atoms with Crippen LogP contribution in [0, 0.1) is 0 Å². The molecule has 0 N–H and O–H groups in total. The Hall–Kier alpha value is -2.61. The maximum absolute atomic E-state index is 5.59. The van der Waals surface area contributed by atoms with E-state index in [0.29, 0.717) is 0 Å². The SMILES string of the molecule is COc1ccc(Br)cc1CSc1nc2ccccc2nc1N1CCN(CCCc2ccccc2)CC1. The van der Waals surface area contributed by atoms with Crippen LogP contribution in [0.3, 0.4) is 0 Å². The molecule has 186 valence electrons. The van der Waals surface area contributed by atoms with Gasteiger partial charge in [-0.25, -0.2) is 9.97 Å². The molecule has 36 heavy (non-hydrogen) atoms. The molecule has 3 aromatic carbocycles. The Balaban J connectivity index is 1.27. The van der Waals surface area contributed by atoms with E-state index in [-0.39, 0.29) is 0 Å². The van der Waals surface area contributed by atoms with Gasteiger partial charge in [0.2, 0.25) is 0 Å². The molecule has 2 heterocycles. The minimum atomic E-state index is 0.766. The molecule has 4 aromatic rings. The number of piperazine rings is 1. The highest BCUT2D eigenvalue weighted by atomic mass is 79.9. The number of thioether (sulfide) groups is 1. The predicted molar refractivity (Wildman–Crippen MR) is 153 cm³/mol. The molecular weight excluding hydrogens is 532 g/mol. The Labute approximate surface area is 226 Å². The molecule has 1 aliphatic heterocycles. The van der Waals surface area contributed by atoms with Crippen LogP contribution in [0.15, 0.2) is 82.3 Å². The topological polar surface area (TPSA) is 41.5 Å². The van der Waals surface area contributed by atoms with Crippen LogP contribution in [-0.4, -0.2) is 54.7 Å². The molecule has 0 amide bonds. The highest BCUT2D eigenvalue weighted by Gasteiger charge is 2.22. The highest BCUT2D eigenvalue weighted by molar-refractivity contribution is 9.10. The summed E-state index contributed by atoms with van der Waals surface area (Å²) in [5, 5.41) is 0.980. The predicted octanol–water partition coefficient (Wildman–Crippen LogP) is 6.45. The summed E-state index contributed by atoms with van der Waals surface area (Å²) >= 11 is 5.32. The van der Waals surface area contributed by atoms with Crippen LogP contribution in [0.2, 0.25) is 0 Å². The molecule has 1 aliphatic rings. The van der Waals surface area contributed by atoms with Crippen LogP contribution in [-0.2, 0) is 12.2 Å². The summed E-state index contributed by atoms with van der Waals surface area (Å²) in [7, 11) is 1.72. The average molecular weight is 564 g/mol. The smallest absolute Gasteiger partial charge is 0.162 e. The normalized spacial score (nSPS) is 14.3. The van der Waals surface area contributed by atoms with Crippen LogP contribution in [0.4, 0.5) is 5.82 Å². The number of nitrogens with zero attached hydrogens (tertiary/aromatic N) is 4. The lowest BCUT2D eigenvalue weighted by atomic mass is 10.1. The van der Waals surface area contributed by atoms with E-state index in [1.807, 2.05) is 30.3 Å². The maximum atomic E-state index is 5.59. The van der Waals surface area contributed by atoms with Gasteiger partial charge in [-0.2, -0.15) is 0 Å². The summed E-state index contributed by atoms with van der Waals surface area (Å²) in [5.41, 5.74) is 4.44. The minimum Gasteiger partial charge on any atom is -0.496 e. The Kier molecular flexibility index (Phi) is 8.41. The fraction of sp³-hybridized carbons (Fsp3) is 0.310. The number of halogens is 1. The van der Waals surface area contributed by atoms with Gasteiger partial charge >= 0.3 is 0 Å². The molecule has 0 aliphatic carbocycles. The van der Waals surface area contributed by atoms with Crippen LogP contribution in [0.1, 0.15) is 17.5 Å². The number of aromatic nitrogens is 2. The van der Waals surface area contributed by atoms with Crippen LogP contribution >= 0.6 is 27.7 Å². The summed E-state index contributed by atoms with van der Waals surface area (Å²) in [6, 6.07) is 25.1. The zero-order valence-corrected chi connectivity index (χ0v) is 23.0. The summed E-state index contributed by atoms with van der Waals surface area (Å²) < 4.78 is 6.64. The lowest BCUT2D eigenvalue weighted by Gasteiger charge is -2.36. The third-order valence-electron chi connectivity index (χ3n) is 6.58. The van der Waals surface area contributed by atoms with Gasteiger partial charge in [0.1, 0.15) is 10.8 Å². The van der Waals surface area contributed by atoms with E-state index in [1.54, 1.807) is 18.9 Å². The molecule has 0 saturated carbocycles. The second-order valence-electron chi connectivity index (χ2n) is 9.00. The number of methoxy groups -OCH3 is 1. The number of benzene rings is 3. The van der Waals surface area contributed by atoms with E-state index < -0.39 is 0 Å². The van der Waals surface area contributed by atoms with Crippen molar-refractivity contribution in [3.05, 3.63) is 88.4 Å². The lowest BCUT2D eigenvalue weighted by molar-refractivity contribution is 0.254. The second kappa shape index (κ2) is 12.1. The standard InChI is InChI=1S/C29H31BrN4OS/c1-35-27-14-13-24(30)20-23(27)21-36-29-28(31-25-11-5-6-12-26(25)32-29)34-18-16-33(17-19-34)15-7-10-22-8-3-2-4-9-22/h2-6,8-9,11-14,20H,7,10,15-19,21H2,1H3. The van der Waals surface area contributed by atoms with Crippen molar-refractivity contribution in [3.63, 3.8) is 0 Å². The van der Waals surface area contributed by atoms with Crippen molar-refractivity contribution >= 4 is 44.5 Å². The molecule has 1 saturated heterocycles. The zero-order chi connectivity index (χ0) is 24.7. The molecule has 0 spiro atoms. The Morgan fingerprint density at radius 2 is 1.61 bits per heavy atom. The van der Waals surface area contributed by atoms with Crippen molar-refractivity contribution in [3.8, 4) is 5.75 Å². The first kappa shape index (κ1) is 25.1. The van der Waals surface area contributed by atoms with E-state index in [9.17, 15) is 0 Å². The highest BCUT2D eigenvalue weighted by Crippen LogP contribution is 2.34. The summed E-state index contributed by atoms with van der Waals surface area (Å²) in [5.74, 6) is 2.66. The van der Waals surface area contributed by atoms with Crippen molar-refractivity contribution in [2.75, 3.05) is 44.7 Å². The molecule has 5 nitrogen and oxygen atoms in total. The fourth-order valence-electron chi connectivity index (χ4n) is 4.62. The van der Waals surface area contributed by atoms with Crippen LogP contribution in [0.25, 0.3) is 11.0 Å². The number of hydrogen-bond acceptors (Lipinski definition) is 6. The number of rotatable bonds is 9. The lowest BCUT2D eigenvalue weighted by Crippen LogP contribution is -2.47. The van der Waals surface area contributed by atoms with E-state index in [4.69, 9.17) is 14.7 Å². The van der Waals surface area contributed by atoms with E-state index in [0.717, 1.165) is 82.6 Å². The van der Waals surface area contributed by atoms with Crippen molar-refractivity contribution in [2.45, 2.75) is 23.6 Å². The van der Waals surface area contributed by atoms with E-state index >= 15 is 0 Å². The van der Waals surface area contributed by atoms with Gasteiger partial charge < -0.3 is 9.64 Å². The molecule has 7 heteroatoms. The molecule has 0 radical (unpaired) electrons. The van der Waals surface area contributed by atoms with Crippen molar-refractivity contribution < 1.29 is 4.74 Å². The number of aryl methyl sites for hydroxylation is 1.